The van der Waals surface area contributed by atoms with Crippen LogP contribution in [0.2, 0.25) is 0 Å². The van der Waals surface area contributed by atoms with Crippen molar-refractivity contribution in [3.8, 4) is 0 Å². The molecule has 0 heterocycles. The summed E-state index contributed by atoms with van der Waals surface area (Å²) in [5.74, 6) is 0.688. The van der Waals surface area contributed by atoms with Crippen LogP contribution in [0.5, 0.6) is 0 Å². The highest BCUT2D eigenvalue weighted by Crippen LogP contribution is 2.50. The van der Waals surface area contributed by atoms with Crippen molar-refractivity contribution in [1.29, 1.82) is 0 Å². The molecule has 1 saturated carbocycles. The van der Waals surface area contributed by atoms with Crippen LogP contribution in [0.25, 0.3) is 0 Å². The molecule has 1 aromatic carbocycles. The number of benzene rings is 1. The van der Waals surface area contributed by atoms with Gasteiger partial charge in [-0.25, -0.2) is 0 Å². The normalized spacial score (nSPS) is 15.6. The molecule has 0 spiro atoms. The van der Waals surface area contributed by atoms with E-state index in [1.54, 1.807) is 6.07 Å². The number of carbonyl (C=O) groups is 1. The first-order valence-corrected chi connectivity index (χ1v) is 7.06. The predicted octanol–water partition coefficient (Wildman–Crippen LogP) is 3.56. The number of nitrogens with two attached hydrogens (primary N) is 1. The van der Waals surface area contributed by atoms with E-state index in [1.165, 1.54) is 19.3 Å². The topological polar surface area (TPSA) is 55.1 Å². The second-order valence-electron chi connectivity index (χ2n) is 6.36. The summed E-state index contributed by atoms with van der Waals surface area (Å²) >= 11 is 0. The molecule has 20 heavy (non-hydrogen) atoms. The van der Waals surface area contributed by atoms with E-state index in [-0.39, 0.29) is 18.3 Å². The number of nitrogens with one attached hydrogen (secondary N) is 1. The zero-order valence-electron chi connectivity index (χ0n) is 12.5. The Bertz CT molecular complexity index is 481. The van der Waals surface area contributed by atoms with Crippen molar-refractivity contribution in [3.63, 3.8) is 0 Å². The van der Waals surface area contributed by atoms with Gasteiger partial charge in [0, 0.05) is 17.8 Å². The van der Waals surface area contributed by atoms with Crippen molar-refractivity contribution >= 4 is 24.0 Å². The molecular weight excluding hydrogens is 272 g/mol. The fraction of sp³-hybridized carbons (Fsp3) is 0.562. The molecule has 0 bridgehead atoms. The monoisotopic (exact) mass is 296 g/mol. The van der Waals surface area contributed by atoms with Gasteiger partial charge in [-0.05, 0) is 55.2 Å². The summed E-state index contributed by atoms with van der Waals surface area (Å²) in [5, 5.41) is 3.08. The van der Waals surface area contributed by atoms with Crippen molar-refractivity contribution in [1.82, 2.24) is 5.32 Å². The third-order valence-corrected chi connectivity index (χ3v) is 3.93. The minimum absolute atomic E-state index is 0. The van der Waals surface area contributed by atoms with E-state index < -0.39 is 0 Å². The van der Waals surface area contributed by atoms with Gasteiger partial charge in [-0.2, -0.15) is 0 Å². The maximum atomic E-state index is 12.2. The first kappa shape index (κ1) is 16.8. The molecule has 1 aliphatic carbocycles. The highest BCUT2D eigenvalue weighted by Gasteiger charge is 2.42. The van der Waals surface area contributed by atoms with Crippen LogP contribution in [0.15, 0.2) is 18.2 Å². The van der Waals surface area contributed by atoms with Crippen LogP contribution in [-0.4, -0.2) is 12.5 Å². The van der Waals surface area contributed by atoms with Crippen LogP contribution in [0.1, 0.15) is 49.0 Å². The standard InChI is InChI=1S/C16H24N2O.ClH/c1-11(2)9-16(6-7-16)10-18-15(19)14-8-13(17)5-4-12(14)3;/h4-5,8,11H,6-7,9-10,17H2,1-3H3,(H,18,19);1H. The summed E-state index contributed by atoms with van der Waals surface area (Å²) in [5.41, 5.74) is 8.41. The summed E-state index contributed by atoms with van der Waals surface area (Å²) in [7, 11) is 0. The lowest BCUT2D eigenvalue weighted by atomic mass is 9.94. The van der Waals surface area contributed by atoms with Crippen LogP contribution in [-0.2, 0) is 0 Å². The van der Waals surface area contributed by atoms with Crippen LogP contribution >= 0.6 is 12.4 Å². The summed E-state index contributed by atoms with van der Waals surface area (Å²) in [6.07, 6.45) is 3.67. The van der Waals surface area contributed by atoms with Crippen LogP contribution in [0.3, 0.4) is 0 Å². The molecule has 1 amide bonds. The van der Waals surface area contributed by atoms with Crippen LogP contribution in [0.4, 0.5) is 5.69 Å². The number of anilines is 1. The first-order valence-electron chi connectivity index (χ1n) is 7.06. The van der Waals surface area contributed by atoms with E-state index in [4.69, 9.17) is 5.73 Å². The fourth-order valence-corrected chi connectivity index (χ4v) is 2.74. The van der Waals surface area contributed by atoms with E-state index in [0.29, 0.717) is 22.6 Å². The lowest BCUT2D eigenvalue weighted by Crippen LogP contribution is -2.31. The van der Waals surface area contributed by atoms with Crippen molar-refractivity contribution in [2.75, 3.05) is 12.3 Å². The Hall–Kier alpha value is -1.22. The molecule has 2 rings (SSSR count). The molecule has 112 valence electrons. The van der Waals surface area contributed by atoms with Crippen molar-refractivity contribution in [2.24, 2.45) is 11.3 Å². The zero-order chi connectivity index (χ0) is 14.0. The summed E-state index contributed by atoms with van der Waals surface area (Å²) in [4.78, 5) is 12.2. The smallest absolute Gasteiger partial charge is 0.251 e. The highest BCUT2D eigenvalue weighted by molar-refractivity contribution is 5.96. The Morgan fingerprint density at radius 2 is 2.05 bits per heavy atom. The van der Waals surface area contributed by atoms with Gasteiger partial charge in [-0.15, -0.1) is 12.4 Å². The van der Waals surface area contributed by atoms with Gasteiger partial charge >= 0.3 is 0 Å². The Morgan fingerprint density at radius 1 is 1.40 bits per heavy atom. The number of aryl methyl sites for hydroxylation is 1. The first-order chi connectivity index (χ1) is 8.92. The molecule has 4 heteroatoms. The van der Waals surface area contributed by atoms with E-state index in [1.807, 2.05) is 19.1 Å². The summed E-state index contributed by atoms with van der Waals surface area (Å²) in [6.45, 7) is 7.21. The van der Waals surface area contributed by atoms with Gasteiger partial charge in [0.05, 0.1) is 0 Å². The molecule has 0 radical (unpaired) electrons. The summed E-state index contributed by atoms with van der Waals surface area (Å²) in [6, 6.07) is 5.48. The van der Waals surface area contributed by atoms with Gasteiger partial charge in [-0.3, -0.25) is 4.79 Å². The molecule has 0 aromatic heterocycles. The lowest BCUT2D eigenvalue weighted by Gasteiger charge is -2.18. The molecule has 1 aliphatic rings. The second-order valence-corrected chi connectivity index (χ2v) is 6.36. The van der Waals surface area contributed by atoms with Gasteiger partial charge in [0.25, 0.3) is 5.91 Å². The number of amides is 1. The number of rotatable bonds is 5. The fourth-order valence-electron chi connectivity index (χ4n) is 2.74. The molecule has 0 unspecified atom stereocenters. The maximum absolute atomic E-state index is 12.2. The van der Waals surface area contributed by atoms with E-state index in [9.17, 15) is 4.79 Å². The minimum atomic E-state index is -0.000156. The number of carbonyl (C=O) groups excluding carboxylic acids is 1. The minimum Gasteiger partial charge on any atom is -0.399 e. The lowest BCUT2D eigenvalue weighted by molar-refractivity contribution is 0.0941. The van der Waals surface area contributed by atoms with Crippen molar-refractivity contribution < 1.29 is 4.79 Å². The molecular formula is C16H25ClN2O. The quantitative estimate of drug-likeness (QED) is 0.816. The van der Waals surface area contributed by atoms with Crippen molar-refractivity contribution in [2.45, 2.75) is 40.0 Å². The molecule has 0 aliphatic heterocycles. The average molecular weight is 297 g/mol. The number of hydrogen-bond acceptors (Lipinski definition) is 2. The van der Waals surface area contributed by atoms with Crippen LogP contribution < -0.4 is 11.1 Å². The van der Waals surface area contributed by atoms with Gasteiger partial charge in [0.1, 0.15) is 0 Å². The number of halogens is 1. The second kappa shape index (κ2) is 6.49. The van der Waals surface area contributed by atoms with E-state index in [2.05, 4.69) is 19.2 Å². The molecule has 0 saturated heterocycles. The molecule has 3 nitrogen and oxygen atoms in total. The average Bonchev–Trinajstić information content (AvgIpc) is 3.08. The largest absolute Gasteiger partial charge is 0.399 e. The van der Waals surface area contributed by atoms with E-state index >= 15 is 0 Å². The van der Waals surface area contributed by atoms with Gasteiger partial charge in [0.2, 0.25) is 0 Å². The summed E-state index contributed by atoms with van der Waals surface area (Å²) < 4.78 is 0. The highest BCUT2D eigenvalue weighted by atomic mass is 35.5. The molecule has 1 fully saturated rings. The Morgan fingerprint density at radius 3 is 2.60 bits per heavy atom. The van der Waals surface area contributed by atoms with Crippen molar-refractivity contribution in [3.05, 3.63) is 29.3 Å². The zero-order valence-corrected chi connectivity index (χ0v) is 13.3. The van der Waals surface area contributed by atoms with Gasteiger partial charge in [0.15, 0.2) is 0 Å². The third kappa shape index (κ3) is 4.14. The number of nitrogen functional groups attached to an aromatic ring is 1. The maximum Gasteiger partial charge on any atom is 0.251 e. The number of hydrogen-bond donors (Lipinski definition) is 2. The molecule has 3 N–H and O–H groups in total. The Balaban J connectivity index is 0.00000200. The van der Waals surface area contributed by atoms with E-state index in [0.717, 1.165) is 12.1 Å². The Labute approximate surface area is 127 Å². The predicted molar refractivity (Wildman–Crippen MR) is 86.3 cm³/mol. The van der Waals surface area contributed by atoms with Crippen LogP contribution in [0, 0.1) is 18.3 Å². The SMILES string of the molecule is Cc1ccc(N)cc1C(=O)NCC1(CC(C)C)CC1.Cl. The molecule has 1 aromatic rings. The van der Waals surface area contributed by atoms with Gasteiger partial charge < -0.3 is 11.1 Å². The van der Waals surface area contributed by atoms with Gasteiger partial charge in [-0.1, -0.05) is 19.9 Å². The Kier molecular flexibility index (Phi) is 5.46. The molecule has 0 atom stereocenters. The third-order valence-electron chi connectivity index (χ3n) is 3.93.